The lowest BCUT2D eigenvalue weighted by Gasteiger charge is -2.04. The van der Waals surface area contributed by atoms with Gasteiger partial charge in [-0.15, -0.1) is 11.3 Å². The highest BCUT2D eigenvalue weighted by molar-refractivity contribution is 7.85. The molecule has 0 spiro atoms. The van der Waals surface area contributed by atoms with Crippen LogP contribution in [0.3, 0.4) is 0 Å². The van der Waals surface area contributed by atoms with Gasteiger partial charge in [-0.1, -0.05) is 29.8 Å². The zero-order valence-electron chi connectivity index (χ0n) is 13.3. The second-order valence-corrected chi connectivity index (χ2v) is 8.25. The molecular formula is C18H17NO3S2. The fourth-order valence-electron chi connectivity index (χ4n) is 2.42. The van der Waals surface area contributed by atoms with Crippen LogP contribution < -0.4 is 5.32 Å². The Morgan fingerprint density at radius 2 is 1.58 bits per heavy atom. The van der Waals surface area contributed by atoms with E-state index in [1.54, 1.807) is 23.5 Å². The zero-order chi connectivity index (χ0) is 17.3. The lowest BCUT2D eigenvalue weighted by Crippen LogP contribution is -1.97. The van der Waals surface area contributed by atoms with Crippen LogP contribution in [0, 0.1) is 13.8 Å². The van der Waals surface area contributed by atoms with E-state index < -0.39 is 10.1 Å². The number of nitrogens with one attached hydrogen (secondary N) is 1. The van der Waals surface area contributed by atoms with Gasteiger partial charge in [-0.3, -0.25) is 4.55 Å². The Morgan fingerprint density at radius 1 is 0.958 bits per heavy atom. The van der Waals surface area contributed by atoms with Crippen LogP contribution in [0.1, 0.15) is 10.4 Å². The van der Waals surface area contributed by atoms with Crippen LogP contribution >= 0.6 is 11.3 Å². The van der Waals surface area contributed by atoms with Crippen LogP contribution in [-0.4, -0.2) is 13.0 Å². The summed E-state index contributed by atoms with van der Waals surface area (Å²) in [6, 6.07) is 16.5. The zero-order valence-corrected chi connectivity index (χ0v) is 14.9. The normalized spacial score (nSPS) is 11.5. The minimum absolute atomic E-state index is 0.115. The fourth-order valence-corrected chi connectivity index (χ4v) is 3.86. The summed E-state index contributed by atoms with van der Waals surface area (Å²) in [4.78, 5) is 1.09. The second kappa shape index (κ2) is 6.39. The van der Waals surface area contributed by atoms with E-state index in [4.69, 9.17) is 4.55 Å². The summed E-state index contributed by atoms with van der Waals surface area (Å²) >= 11 is 1.64. The minimum Gasteiger partial charge on any atom is -0.347 e. The van der Waals surface area contributed by atoms with Crippen LogP contribution in [0.15, 0.2) is 59.5 Å². The molecule has 4 nitrogen and oxygen atoms in total. The molecule has 0 atom stereocenters. The van der Waals surface area contributed by atoms with Crippen LogP contribution in [0.2, 0.25) is 0 Å². The largest absolute Gasteiger partial charge is 0.347 e. The van der Waals surface area contributed by atoms with E-state index in [-0.39, 0.29) is 4.90 Å². The van der Waals surface area contributed by atoms with E-state index in [0.29, 0.717) is 0 Å². The van der Waals surface area contributed by atoms with Gasteiger partial charge in [0.2, 0.25) is 0 Å². The van der Waals surface area contributed by atoms with Gasteiger partial charge in [0.25, 0.3) is 10.1 Å². The molecule has 3 aromatic rings. The second-order valence-electron chi connectivity index (χ2n) is 5.57. The number of hydrogen-bond acceptors (Lipinski definition) is 4. The maximum Gasteiger partial charge on any atom is 0.294 e. The van der Waals surface area contributed by atoms with Gasteiger partial charge in [0.15, 0.2) is 0 Å². The molecule has 2 aromatic carbocycles. The maximum atomic E-state index is 11.1. The molecule has 0 amide bonds. The van der Waals surface area contributed by atoms with Crippen LogP contribution in [0.4, 0.5) is 10.7 Å². The van der Waals surface area contributed by atoms with Crippen molar-refractivity contribution >= 4 is 32.1 Å². The molecule has 0 unspecified atom stereocenters. The Kier molecular flexibility index (Phi) is 4.45. The number of aryl methyl sites for hydroxylation is 2. The number of rotatable bonds is 4. The molecule has 0 aliphatic rings. The monoisotopic (exact) mass is 359 g/mol. The van der Waals surface area contributed by atoms with Crippen molar-refractivity contribution in [3.8, 4) is 11.1 Å². The fraction of sp³-hybridized carbons (Fsp3) is 0.111. The Morgan fingerprint density at radius 3 is 2.17 bits per heavy atom. The summed E-state index contributed by atoms with van der Waals surface area (Å²) in [5.41, 5.74) is 4.34. The molecule has 1 heterocycles. The molecule has 6 heteroatoms. The minimum atomic E-state index is -4.16. The highest BCUT2D eigenvalue weighted by Crippen LogP contribution is 2.35. The molecule has 2 N–H and O–H groups in total. The van der Waals surface area contributed by atoms with Gasteiger partial charge < -0.3 is 5.32 Å². The topological polar surface area (TPSA) is 66.4 Å². The maximum absolute atomic E-state index is 11.1. The van der Waals surface area contributed by atoms with E-state index in [1.807, 2.05) is 0 Å². The van der Waals surface area contributed by atoms with Crippen LogP contribution in [0.25, 0.3) is 11.1 Å². The number of hydrogen-bond donors (Lipinski definition) is 2. The van der Waals surface area contributed by atoms with Gasteiger partial charge in [-0.2, -0.15) is 8.42 Å². The van der Waals surface area contributed by atoms with Crippen molar-refractivity contribution in [1.29, 1.82) is 0 Å². The summed E-state index contributed by atoms with van der Waals surface area (Å²) in [6.07, 6.45) is 0. The lowest BCUT2D eigenvalue weighted by atomic mass is 10.1. The smallest absolute Gasteiger partial charge is 0.294 e. The van der Waals surface area contributed by atoms with Crippen molar-refractivity contribution in [2.24, 2.45) is 0 Å². The van der Waals surface area contributed by atoms with Gasteiger partial charge in [0.1, 0.15) is 0 Å². The number of thiophene rings is 1. The molecule has 0 aliphatic carbocycles. The SMILES string of the molecule is Cc1ccc(-c2cc(Nc3ccc(S(=O)(=O)O)cc3)sc2C)cc1. The summed E-state index contributed by atoms with van der Waals surface area (Å²) in [5, 5.41) is 4.24. The summed E-state index contributed by atoms with van der Waals surface area (Å²) in [5.74, 6) is 0. The van der Waals surface area contributed by atoms with E-state index in [1.165, 1.54) is 33.7 Å². The molecule has 3 rings (SSSR count). The molecule has 1 aromatic heterocycles. The Balaban J connectivity index is 1.84. The number of benzene rings is 2. The molecule has 0 fully saturated rings. The van der Waals surface area contributed by atoms with Crippen molar-refractivity contribution in [2.75, 3.05) is 5.32 Å². The van der Waals surface area contributed by atoms with Gasteiger partial charge in [0.05, 0.1) is 9.90 Å². The van der Waals surface area contributed by atoms with Crippen molar-refractivity contribution in [2.45, 2.75) is 18.7 Å². The first-order valence-electron chi connectivity index (χ1n) is 7.35. The van der Waals surface area contributed by atoms with Crippen molar-refractivity contribution in [3.63, 3.8) is 0 Å². The van der Waals surface area contributed by atoms with Crippen molar-refractivity contribution < 1.29 is 13.0 Å². The molecule has 24 heavy (non-hydrogen) atoms. The first kappa shape index (κ1) is 16.7. The molecule has 124 valence electrons. The summed E-state index contributed by atoms with van der Waals surface area (Å²) in [7, 11) is -4.16. The van der Waals surface area contributed by atoms with Gasteiger partial charge in [-0.05, 0) is 55.3 Å². The predicted octanol–water partition coefficient (Wildman–Crippen LogP) is 5.02. The van der Waals surface area contributed by atoms with Gasteiger partial charge >= 0.3 is 0 Å². The Bertz CT molecular complexity index is 957. The summed E-state index contributed by atoms with van der Waals surface area (Å²) in [6.45, 7) is 4.14. The average Bonchev–Trinajstić information content (AvgIpc) is 2.88. The molecular weight excluding hydrogens is 342 g/mol. The van der Waals surface area contributed by atoms with Crippen molar-refractivity contribution in [3.05, 3.63) is 65.0 Å². The molecule has 0 bridgehead atoms. The Labute approximate surface area is 145 Å². The van der Waals surface area contributed by atoms with E-state index >= 15 is 0 Å². The van der Waals surface area contributed by atoms with Crippen molar-refractivity contribution in [1.82, 2.24) is 0 Å². The Hall–Kier alpha value is -2.15. The van der Waals surface area contributed by atoms with Gasteiger partial charge in [-0.25, -0.2) is 0 Å². The highest BCUT2D eigenvalue weighted by Gasteiger charge is 2.10. The standard InChI is InChI=1S/C18H17NO3S2/c1-12-3-5-14(6-4-12)17-11-18(23-13(17)2)19-15-7-9-16(10-8-15)24(20,21)22/h3-11,19H,1-2H3,(H,20,21,22). The van der Waals surface area contributed by atoms with Crippen LogP contribution in [-0.2, 0) is 10.1 Å². The van der Waals surface area contributed by atoms with Gasteiger partial charge in [0, 0.05) is 10.6 Å². The lowest BCUT2D eigenvalue weighted by molar-refractivity contribution is 0.483. The third-order valence-electron chi connectivity index (χ3n) is 3.70. The highest BCUT2D eigenvalue weighted by atomic mass is 32.2. The van der Waals surface area contributed by atoms with E-state index in [0.717, 1.165) is 10.7 Å². The third kappa shape index (κ3) is 3.67. The van der Waals surface area contributed by atoms with E-state index in [2.05, 4.69) is 49.5 Å². The van der Waals surface area contributed by atoms with Crippen LogP contribution in [0.5, 0.6) is 0 Å². The molecule has 0 radical (unpaired) electrons. The first-order chi connectivity index (χ1) is 11.3. The predicted molar refractivity (Wildman–Crippen MR) is 98.8 cm³/mol. The molecule has 0 aliphatic heterocycles. The third-order valence-corrected chi connectivity index (χ3v) is 5.53. The quantitative estimate of drug-likeness (QED) is 0.642. The summed E-state index contributed by atoms with van der Waals surface area (Å²) < 4.78 is 31.1. The number of anilines is 2. The molecule has 0 saturated heterocycles. The molecule has 0 saturated carbocycles. The van der Waals surface area contributed by atoms with E-state index in [9.17, 15) is 8.42 Å². The first-order valence-corrected chi connectivity index (χ1v) is 9.60. The average molecular weight is 359 g/mol.